The van der Waals surface area contributed by atoms with Gasteiger partial charge in [0.1, 0.15) is 13.2 Å². The van der Waals surface area contributed by atoms with Crippen LogP contribution in [0.1, 0.15) is 11.3 Å². The van der Waals surface area contributed by atoms with Gasteiger partial charge in [0.25, 0.3) is 0 Å². The maximum Gasteiger partial charge on any atom is 0.410 e. The number of nitrogens with zero attached hydrogens (tertiary/aromatic N) is 3. The number of carbonyl (C=O) groups excluding carboxylic acids is 2. The van der Waals surface area contributed by atoms with Crippen LogP contribution in [0.2, 0.25) is 5.02 Å². The largest absolute Gasteiger partial charge is 0.448 e. The van der Waals surface area contributed by atoms with Gasteiger partial charge in [-0.15, -0.1) is 0 Å². The first-order valence-electron chi connectivity index (χ1n) is 8.13. The molecule has 2 aliphatic rings. The van der Waals surface area contributed by atoms with E-state index in [0.717, 1.165) is 22.5 Å². The lowest BCUT2D eigenvalue weighted by atomic mass is 10.0. The van der Waals surface area contributed by atoms with Gasteiger partial charge in [-0.05, 0) is 12.1 Å². The molecule has 0 atom stereocenters. The number of benzene rings is 1. The van der Waals surface area contributed by atoms with Gasteiger partial charge in [-0.25, -0.2) is 4.79 Å². The average Bonchev–Trinajstić information content (AvgIpc) is 3.21. The third-order valence-electron chi connectivity index (χ3n) is 4.57. The highest BCUT2D eigenvalue weighted by molar-refractivity contribution is 6.30. The van der Waals surface area contributed by atoms with Crippen molar-refractivity contribution in [1.29, 1.82) is 0 Å². The number of hydrogen-bond acceptors (Lipinski definition) is 4. The van der Waals surface area contributed by atoms with Crippen LogP contribution in [0.25, 0.3) is 11.3 Å². The molecule has 0 unspecified atom stereocenters. The number of rotatable bonds is 3. The first kappa shape index (κ1) is 16.0. The number of amides is 2. The van der Waals surface area contributed by atoms with Crippen LogP contribution in [0.5, 0.6) is 0 Å². The van der Waals surface area contributed by atoms with Crippen LogP contribution in [-0.2, 0) is 22.5 Å². The van der Waals surface area contributed by atoms with Crippen molar-refractivity contribution >= 4 is 23.6 Å². The Morgan fingerprint density at radius 2 is 2.08 bits per heavy atom. The van der Waals surface area contributed by atoms with Crippen LogP contribution < -0.4 is 0 Å². The van der Waals surface area contributed by atoms with E-state index in [4.69, 9.17) is 16.3 Å². The van der Waals surface area contributed by atoms with Crippen molar-refractivity contribution in [2.24, 2.45) is 0 Å². The Balaban J connectivity index is 1.52. The van der Waals surface area contributed by atoms with Crippen molar-refractivity contribution in [3.63, 3.8) is 0 Å². The second-order valence-corrected chi connectivity index (χ2v) is 6.57. The summed E-state index contributed by atoms with van der Waals surface area (Å²) in [5, 5.41) is 8.16. The zero-order valence-corrected chi connectivity index (χ0v) is 14.3. The molecule has 1 aromatic carbocycles. The van der Waals surface area contributed by atoms with Gasteiger partial charge in [0, 0.05) is 41.4 Å². The molecule has 8 heteroatoms. The molecule has 2 amide bonds. The minimum atomic E-state index is -0.420. The molecule has 1 saturated heterocycles. The zero-order chi connectivity index (χ0) is 17.4. The number of nitrogens with one attached hydrogen (secondary N) is 1. The van der Waals surface area contributed by atoms with Crippen LogP contribution in [0.4, 0.5) is 4.79 Å². The number of aromatic nitrogens is 2. The summed E-state index contributed by atoms with van der Waals surface area (Å²) in [6, 6.07) is 7.48. The molecule has 130 valence electrons. The fourth-order valence-electron chi connectivity index (χ4n) is 3.19. The van der Waals surface area contributed by atoms with Crippen LogP contribution in [0.15, 0.2) is 24.3 Å². The summed E-state index contributed by atoms with van der Waals surface area (Å²) in [6.07, 6.45) is 0.294. The number of aromatic amines is 1. The molecule has 0 saturated carbocycles. The standard InChI is InChI=1S/C17H17ClN4O3/c18-12-3-1-11(2-4-12)16-13-9-21(6-5-14(13)19-20-16)15(23)10-22-7-8-25-17(22)24/h1-4H,5-10H2,(H,19,20). The Bertz CT molecular complexity index is 818. The number of H-pyrrole nitrogens is 1. The lowest BCUT2D eigenvalue weighted by Gasteiger charge is -2.28. The number of carbonyl (C=O) groups is 2. The molecule has 25 heavy (non-hydrogen) atoms. The van der Waals surface area contributed by atoms with Crippen molar-refractivity contribution in [2.45, 2.75) is 13.0 Å². The average molecular weight is 361 g/mol. The van der Waals surface area contributed by atoms with Gasteiger partial charge in [0.05, 0.1) is 12.2 Å². The number of fused-ring (bicyclic) bond motifs is 1. The number of cyclic esters (lactones) is 1. The monoisotopic (exact) mass is 360 g/mol. The number of hydrogen-bond donors (Lipinski definition) is 1. The summed E-state index contributed by atoms with van der Waals surface area (Å²) in [6.45, 7) is 1.95. The highest BCUT2D eigenvalue weighted by Crippen LogP contribution is 2.29. The van der Waals surface area contributed by atoms with E-state index in [-0.39, 0.29) is 12.5 Å². The molecule has 0 spiro atoms. The molecule has 0 radical (unpaired) electrons. The van der Waals surface area contributed by atoms with Crippen molar-refractivity contribution < 1.29 is 14.3 Å². The maximum atomic E-state index is 12.6. The van der Waals surface area contributed by atoms with Gasteiger partial charge in [-0.2, -0.15) is 5.10 Å². The Hall–Kier alpha value is -2.54. The molecule has 1 aromatic heterocycles. The van der Waals surface area contributed by atoms with E-state index in [9.17, 15) is 9.59 Å². The van der Waals surface area contributed by atoms with Crippen LogP contribution in [0, 0.1) is 0 Å². The van der Waals surface area contributed by atoms with Gasteiger partial charge in [0.2, 0.25) is 5.91 Å². The minimum Gasteiger partial charge on any atom is -0.448 e. The summed E-state index contributed by atoms with van der Waals surface area (Å²) >= 11 is 5.95. The third kappa shape index (κ3) is 3.07. The Labute approximate surface area is 149 Å². The van der Waals surface area contributed by atoms with Crippen molar-refractivity contribution in [2.75, 3.05) is 26.2 Å². The summed E-state index contributed by atoms with van der Waals surface area (Å²) < 4.78 is 4.87. The van der Waals surface area contributed by atoms with Crippen LogP contribution in [-0.4, -0.2) is 58.2 Å². The first-order chi connectivity index (χ1) is 12.1. The number of ether oxygens (including phenoxy) is 1. The zero-order valence-electron chi connectivity index (χ0n) is 13.5. The maximum absolute atomic E-state index is 12.6. The summed E-state index contributed by atoms with van der Waals surface area (Å²) in [7, 11) is 0. The van der Waals surface area contributed by atoms with Gasteiger partial charge in [0.15, 0.2) is 0 Å². The molecule has 4 rings (SSSR count). The van der Waals surface area contributed by atoms with E-state index in [0.29, 0.717) is 37.7 Å². The topological polar surface area (TPSA) is 78.5 Å². The van der Waals surface area contributed by atoms with Gasteiger partial charge >= 0.3 is 6.09 Å². The molecule has 2 aliphatic heterocycles. The lowest BCUT2D eigenvalue weighted by molar-refractivity contribution is -0.132. The van der Waals surface area contributed by atoms with Crippen molar-refractivity contribution in [3.8, 4) is 11.3 Å². The SMILES string of the molecule is O=C(CN1CCOC1=O)N1CCc2[nH]nc(-c3ccc(Cl)cc3)c2C1. The van der Waals surface area contributed by atoms with E-state index in [2.05, 4.69) is 10.2 Å². The highest BCUT2D eigenvalue weighted by Gasteiger charge is 2.29. The third-order valence-corrected chi connectivity index (χ3v) is 4.83. The molecular formula is C17H17ClN4O3. The van der Waals surface area contributed by atoms with E-state index >= 15 is 0 Å². The molecule has 3 heterocycles. The van der Waals surface area contributed by atoms with Crippen molar-refractivity contribution in [1.82, 2.24) is 20.0 Å². The molecule has 7 nitrogen and oxygen atoms in total. The summed E-state index contributed by atoms with van der Waals surface area (Å²) in [5.74, 6) is -0.0762. The molecule has 1 fully saturated rings. The Morgan fingerprint density at radius 1 is 1.28 bits per heavy atom. The summed E-state index contributed by atoms with van der Waals surface area (Å²) in [4.78, 5) is 27.3. The van der Waals surface area contributed by atoms with E-state index < -0.39 is 6.09 Å². The summed E-state index contributed by atoms with van der Waals surface area (Å²) in [5.41, 5.74) is 3.87. The quantitative estimate of drug-likeness (QED) is 0.908. The van der Waals surface area contributed by atoms with Gasteiger partial charge < -0.3 is 9.64 Å². The Kier molecular flexibility index (Phi) is 4.09. The molecule has 2 aromatic rings. The van der Waals surface area contributed by atoms with E-state index in [1.54, 1.807) is 4.90 Å². The molecule has 0 aliphatic carbocycles. The molecule has 1 N–H and O–H groups in total. The van der Waals surface area contributed by atoms with Crippen molar-refractivity contribution in [3.05, 3.63) is 40.5 Å². The normalized spacial score (nSPS) is 16.8. The van der Waals surface area contributed by atoms with Crippen LogP contribution in [0.3, 0.4) is 0 Å². The number of halogens is 1. The predicted molar refractivity (Wildman–Crippen MR) is 91.1 cm³/mol. The smallest absolute Gasteiger partial charge is 0.410 e. The molecule has 0 bridgehead atoms. The fourth-order valence-corrected chi connectivity index (χ4v) is 3.31. The Morgan fingerprint density at radius 3 is 2.80 bits per heavy atom. The van der Waals surface area contributed by atoms with Gasteiger partial charge in [-0.3, -0.25) is 14.8 Å². The van der Waals surface area contributed by atoms with E-state index in [1.165, 1.54) is 4.90 Å². The first-order valence-corrected chi connectivity index (χ1v) is 8.51. The molecular weight excluding hydrogens is 344 g/mol. The predicted octanol–water partition coefficient (Wildman–Crippen LogP) is 2.07. The fraction of sp³-hybridized carbons (Fsp3) is 0.353. The lowest BCUT2D eigenvalue weighted by Crippen LogP contribution is -2.43. The second-order valence-electron chi connectivity index (χ2n) is 6.14. The van der Waals surface area contributed by atoms with E-state index in [1.807, 2.05) is 24.3 Å². The highest BCUT2D eigenvalue weighted by atomic mass is 35.5. The van der Waals surface area contributed by atoms with Gasteiger partial charge in [-0.1, -0.05) is 23.7 Å². The minimum absolute atomic E-state index is 0.0578. The van der Waals surface area contributed by atoms with Crippen LogP contribution >= 0.6 is 11.6 Å². The second kappa shape index (κ2) is 6.40.